The maximum Gasteiger partial charge on any atom is 0.138 e. The van der Waals surface area contributed by atoms with Gasteiger partial charge >= 0.3 is 0 Å². The van der Waals surface area contributed by atoms with E-state index in [9.17, 15) is 0 Å². The molecule has 0 fully saturated rings. The van der Waals surface area contributed by atoms with Gasteiger partial charge in [0.25, 0.3) is 0 Å². The van der Waals surface area contributed by atoms with Gasteiger partial charge in [0.15, 0.2) is 0 Å². The van der Waals surface area contributed by atoms with Gasteiger partial charge in [-0.15, -0.1) is 0 Å². The number of aromatic nitrogens is 2. The molecule has 0 aliphatic rings. The van der Waals surface area contributed by atoms with Gasteiger partial charge in [-0.25, -0.2) is 9.97 Å². The van der Waals surface area contributed by atoms with E-state index < -0.39 is 0 Å². The van der Waals surface area contributed by atoms with Crippen molar-refractivity contribution in [3.63, 3.8) is 0 Å². The first-order chi connectivity index (χ1) is 12.2. The van der Waals surface area contributed by atoms with E-state index >= 15 is 0 Å². The van der Waals surface area contributed by atoms with Crippen LogP contribution in [0.5, 0.6) is 5.75 Å². The number of aliphatic hydroxyl groups is 1. The van der Waals surface area contributed by atoms with Gasteiger partial charge in [-0.1, -0.05) is 23.7 Å². The van der Waals surface area contributed by atoms with E-state index in [0.29, 0.717) is 28.8 Å². The molecule has 0 amide bonds. The predicted octanol–water partition coefficient (Wildman–Crippen LogP) is 3.40. The molecule has 6 nitrogen and oxygen atoms in total. The summed E-state index contributed by atoms with van der Waals surface area (Å²) in [6.07, 6.45) is 1.78. The lowest BCUT2D eigenvalue weighted by molar-refractivity contribution is 0.311. The summed E-state index contributed by atoms with van der Waals surface area (Å²) in [5.74, 6) is 2.00. The molecule has 3 N–H and O–H groups in total. The lowest BCUT2D eigenvalue weighted by Crippen LogP contribution is -2.08. The maximum atomic E-state index is 9.15. The number of ether oxygens (including phenoxy) is 1. The highest BCUT2D eigenvalue weighted by Crippen LogP contribution is 2.36. The Bertz CT molecular complexity index is 902. The van der Waals surface area contributed by atoms with Gasteiger partial charge in [0.2, 0.25) is 0 Å². The molecule has 2 aromatic heterocycles. The van der Waals surface area contributed by atoms with Gasteiger partial charge < -0.3 is 20.5 Å². The lowest BCUT2D eigenvalue weighted by Gasteiger charge is -2.13. The highest BCUT2D eigenvalue weighted by Gasteiger charge is 2.13. The van der Waals surface area contributed by atoms with Gasteiger partial charge in [-0.2, -0.15) is 0 Å². The summed E-state index contributed by atoms with van der Waals surface area (Å²) in [6, 6.07) is 9.42. The minimum absolute atomic E-state index is 0.0112. The Labute approximate surface area is 150 Å². The molecule has 0 atom stereocenters. The smallest absolute Gasteiger partial charge is 0.138 e. The number of aliphatic hydroxyl groups excluding tert-OH is 1. The van der Waals surface area contributed by atoms with Crippen molar-refractivity contribution in [2.24, 2.45) is 0 Å². The number of hydrogen-bond acceptors (Lipinski definition) is 6. The second kappa shape index (κ2) is 7.55. The molecule has 0 spiro atoms. The third-order valence-electron chi connectivity index (χ3n) is 3.83. The number of benzene rings is 1. The summed E-state index contributed by atoms with van der Waals surface area (Å²) in [5.41, 5.74) is 1.48. The minimum atomic E-state index is 0.0112. The topological polar surface area (TPSA) is 79.3 Å². The van der Waals surface area contributed by atoms with Gasteiger partial charge in [0.05, 0.1) is 24.4 Å². The maximum absolute atomic E-state index is 9.15. The minimum Gasteiger partial charge on any atom is -0.495 e. The summed E-state index contributed by atoms with van der Waals surface area (Å²) in [5, 5.41) is 17.7. The Kier molecular flexibility index (Phi) is 5.21. The number of halogens is 1. The first-order valence-corrected chi connectivity index (χ1v) is 8.22. The number of nitrogens with zero attached hydrogens (tertiary/aromatic N) is 2. The molecule has 0 aliphatic heterocycles. The van der Waals surface area contributed by atoms with Crippen LogP contribution in [0, 0.1) is 0 Å². The van der Waals surface area contributed by atoms with Crippen molar-refractivity contribution in [1.82, 2.24) is 9.97 Å². The van der Waals surface area contributed by atoms with Crippen LogP contribution < -0.4 is 15.4 Å². The molecule has 25 heavy (non-hydrogen) atoms. The molecule has 2 heterocycles. The Balaban J connectivity index is 2.20. The first-order valence-electron chi connectivity index (χ1n) is 7.84. The van der Waals surface area contributed by atoms with Crippen molar-refractivity contribution in [3.8, 4) is 17.0 Å². The molecule has 0 saturated heterocycles. The van der Waals surface area contributed by atoms with E-state index in [0.717, 1.165) is 22.2 Å². The summed E-state index contributed by atoms with van der Waals surface area (Å²) >= 11 is 6.45. The first kappa shape index (κ1) is 17.3. The number of nitrogens with one attached hydrogen (secondary N) is 2. The lowest BCUT2D eigenvalue weighted by atomic mass is 10.1. The second-order valence-electron chi connectivity index (χ2n) is 5.37. The third kappa shape index (κ3) is 3.45. The van der Waals surface area contributed by atoms with E-state index in [1.807, 2.05) is 31.3 Å². The number of methoxy groups -OCH3 is 1. The predicted molar refractivity (Wildman–Crippen MR) is 102 cm³/mol. The summed E-state index contributed by atoms with van der Waals surface area (Å²) < 4.78 is 5.29. The van der Waals surface area contributed by atoms with Crippen molar-refractivity contribution < 1.29 is 9.84 Å². The molecule has 3 aromatic rings. The Morgan fingerprint density at radius 3 is 2.84 bits per heavy atom. The van der Waals surface area contributed by atoms with Crippen molar-refractivity contribution in [2.45, 2.75) is 0 Å². The van der Waals surface area contributed by atoms with Crippen molar-refractivity contribution in [2.75, 3.05) is 37.9 Å². The summed E-state index contributed by atoms with van der Waals surface area (Å²) in [6.45, 7) is 0.409. The number of pyridine rings is 2. The van der Waals surface area contributed by atoms with Gasteiger partial charge in [0.1, 0.15) is 17.4 Å². The standard InChI is InChI=1S/C18H19ClN4O2/c1-20-16-9-13-11(10-22-16)8-14(23-18(13)21-6-7-24)12-4-3-5-15(25-2)17(12)19/h3-5,8-10,24H,6-7H2,1-2H3,(H,20,22)(H,21,23). The van der Waals surface area contributed by atoms with Gasteiger partial charge in [-0.05, 0) is 18.2 Å². The van der Waals surface area contributed by atoms with Crippen molar-refractivity contribution in [3.05, 3.63) is 41.6 Å². The van der Waals surface area contributed by atoms with Crippen molar-refractivity contribution >= 4 is 34.0 Å². The van der Waals surface area contributed by atoms with E-state index in [4.69, 9.17) is 26.4 Å². The zero-order valence-corrected chi connectivity index (χ0v) is 14.8. The average molecular weight is 359 g/mol. The number of rotatable bonds is 6. The quantitative estimate of drug-likeness (QED) is 0.626. The fourth-order valence-corrected chi connectivity index (χ4v) is 2.90. The van der Waals surface area contributed by atoms with E-state index in [-0.39, 0.29) is 6.61 Å². The Morgan fingerprint density at radius 2 is 2.12 bits per heavy atom. The molecular weight excluding hydrogens is 340 g/mol. The molecule has 0 aliphatic carbocycles. The number of anilines is 2. The molecule has 3 rings (SSSR count). The number of hydrogen-bond donors (Lipinski definition) is 3. The number of fused-ring (bicyclic) bond motifs is 1. The van der Waals surface area contributed by atoms with Crippen LogP contribution in [-0.2, 0) is 0 Å². The fourth-order valence-electron chi connectivity index (χ4n) is 2.60. The second-order valence-corrected chi connectivity index (χ2v) is 5.75. The zero-order valence-electron chi connectivity index (χ0n) is 14.0. The monoisotopic (exact) mass is 358 g/mol. The summed E-state index contributed by atoms with van der Waals surface area (Å²) in [4.78, 5) is 9.07. The normalized spacial score (nSPS) is 10.7. The highest BCUT2D eigenvalue weighted by molar-refractivity contribution is 6.34. The largest absolute Gasteiger partial charge is 0.495 e. The molecule has 0 bridgehead atoms. The van der Waals surface area contributed by atoms with E-state index in [1.54, 1.807) is 19.4 Å². The van der Waals surface area contributed by atoms with E-state index in [2.05, 4.69) is 15.6 Å². The van der Waals surface area contributed by atoms with Crippen LogP contribution in [0.15, 0.2) is 36.5 Å². The Morgan fingerprint density at radius 1 is 1.28 bits per heavy atom. The van der Waals surface area contributed by atoms with Crippen LogP contribution in [-0.4, -0.2) is 42.4 Å². The summed E-state index contributed by atoms with van der Waals surface area (Å²) in [7, 11) is 3.39. The van der Waals surface area contributed by atoms with Crippen LogP contribution in [0.2, 0.25) is 5.02 Å². The molecule has 0 unspecified atom stereocenters. The van der Waals surface area contributed by atoms with Crippen LogP contribution in [0.3, 0.4) is 0 Å². The van der Waals surface area contributed by atoms with Crippen LogP contribution >= 0.6 is 11.6 Å². The molecule has 1 aromatic carbocycles. The third-order valence-corrected chi connectivity index (χ3v) is 4.22. The van der Waals surface area contributed by atoms with Gasteiger partial charge in [-0.3, -0.25) is 0 Å². The van der Waals surface area contributed by atoms with Crippen LogP contribution in [0.4, 0.5) is 11.6 Å². The Hall–Kier alpha value is -2.57. The van der Waals surface area contributed by atoms with Crippen molar-refractivity contribution in [1.29, 1.82) is 0 Å². The fraction of sp³-hybridized carbons (Fsp3) is 0.222. The zero-order chi connectivity index (χ0) is 17.8. The van der Waals surface area contributed by atoms with E-state index in [1.165, 1.54) is 0 Å². The average Bonchev–Trinajstić information content (AvgIpc) is 2.65. The molecule has 130 valence electrons. The highest BCUT2D eigenvalue weighted by atomic mass is 35.5. The van der Waals surface area contributed by atoms with Gasteiger partial charge in [0, 0.05) is 36.1 Å². The SMILES string of the molecule is CNc1cc2c(NCCO)nc(-c3cccc(OC)c3Cl)cc2cn1. The molecule has 7 heteroatoms. The van der Waals surface area contributed by atoms with Crippen LogP contribution in [0.25, 0.3) is 22.0 Å². The molecule has 0 saturated carbocycles. The molecular formula is C18H19ClN4O2. The van der Waals surface area contributed by atoms with Crippen LogP contribution in [0.1, 0.15) is 0 Å². The molecule has 0 radical (unpaired) electrons.